The summed E-state index contributed by atoms with van der Waals surface area (Å²) in [6.45, 7) is 6.43. The molecule has 1 fully saturated rings. The molecular formula is C21H26FN3O. The van der Waals surface area contributed by atoms with Gasteiger partial charge in [-0.1, -0.05) is 42.0 Å². The Morgan fingerprint density at radius 3 is 2.38 bits per heavy atom. The molecule has 0 unspecified atom stereocenters. The lowest BCUT2D eigenvalue weighted by atomic mass is 10.0. The summed E-state index contributed by atoms with van der Waals surface area (Å²) in [6.07, 6.45) is 0. The van der Waals surface area contributed by atoms with Gasteiger partial charge in [-0.25, -0.2) is 4.39 Å². The van der Waals surface area contributed by atoms with Crippen LogP contribution in [-0.2, 0) is 0 Å². The van der Waals surface area contributed by atoms with E-state index in [0.717, 1.165) is 26.2 Å². The van der Waals surface area contributed by atoms with E-state index in [1.165, 1.54) is 23.3 Å². The van der Waals surface area contributed by atoms with Crippen molar-refractivity contribution >= 4 is 5.91 Å². The molecule has 0 aromatic heterocycles. The normalized spacial score (nSPS) is 17.0. The number of rotatable bonds is 5. The van der Waals surface area contributed by atoms with Crippen LogP contribution in [0, 0.1) is 12.7 Å². The standard InChI is InChI=1S/C21H26FN3O/c1-16-7-9-17(10-8-16)20(25-13-11-24(2)12-14-25)15-23-21(26)18-5-3-4-6-19(18)22/h3-10,20H,11-15H2,1-2H3,(H,23,26)/t20-/m0/s1. The van der Waals surface area contributed by atoms with Crippen molar-refractivity contribution in [3.8, 4) is 0 Å². The van der Waals surface area contributed by atoms with Gasteiger partial charge in [-0.3, -0.25) is 9.69 Å². The van der Waals surface area contributed by atoms with Crippen LogP contribution in [0.1, 0.15) is 27.5 Å². The first-order chi connectivity index (χ1) is 12.5. The van der Waals surface area contributed by atoms with Gasteiger partial charge in [0.15, 0.2) is 0 Å². The Labute approximate surface area is 154 Å². The molecule has 0 bridgehead atoms. The second kappa shape index (κ2) is 8.43. The highest BCUT2D eigenvalue weighted by Gasteiger charge is 2.24. The van der Waals surface area contributed by atoms with Crippen molar-refractivity contribution < 1.29 is 9.18 Å². The molecular weight excluding hydrogens is 329 g/mol. The molecule has 0 spiro atoms. The number of amides is 1. The molecule has 0 radical (unpaired) electrons. The number of hydrogen-bond acceptors (Lipinski definition) is 3. The summed E-state index contributed by atoms with van der Waals surface area (Å²) in [5.41, 5.74) is 2.48. The van der Waals surface area contributed by atoms with Gasteiger partial charge in [0, 0.05) is 32.7 Å². The van der Waals surface area contributed by atoms with E-state index in [4.69, 9.17) is 0 Å². The smallest absolute Gasteiger partial charge is 0.254 e. The molecule has 5 heteroatoms. The molecule has 1 aliphatic heterocycles. The van der Waals surface area contributed by atoms with Crippen molar-refractivity contribution in [3.63, 3.8) is 0 Å². The Hall–Kier alpha value is -2.24. The van der Waals surface area contributed by atoms with Crippen LogP contribution in [0.4, 0.5) is 4.39 Å². The van der Waals surface area contributed by atoms with Crippen molar-refractivity contribution in [2.75, 3.05) is 39.8 Å². The SMILES string of the molecule is Cc1ccc([C@H](CNC(=O)c2ccccc2F)N2CCN(C)CC2)cc1. The number of hydrogen-bond donors (Lipinski definition) is 1. The number of halogens is 1. The van der Waals surface area contributed by atoms with Gasteiger partial charge in [0.1, 0.15) is 5.82 Å². The average Bonchev–Trinajstić information content (AvgIpc) is 2.65. The molecule has 0 aliphatic carbocycles. The predicted octanol–water partition coefficient (Wildman–Crippen LogP) is 2.85. The minimum Gasteiger partial charge on any atom is -0.350 e. The van der Waals surface area contributed by atoms with Crippen LogP contribution in [0.15, 0.2) is 48.5 Å². The topological polar surface area (TPSA) is 35.6 Å². The monoisotopic (exact) mass is 355 g/mol. The fourth-order valence-electron chi connectivity index (χ4n) is 3.31. The minimum absolute atomic E-state index is 0.0834. The summed E-state index contributed by atoms with van der Waals surface area (Å²) in [5.74, 6) is -0.856. The molecule has 1 heterocycles. The lowest BCUT2D eigenvalue weighted by Crippen LogP contribution is -2.48. The van der Waals surface area contributed by atoms with E-state index >= 15 is 0 Å². The van der Waals surface area contributed by atoms with Gasteiger partial charge in [0.25, 0.3) is 5.91 Å². The summed E-state index contributed by atoms with van der Waals surface area (Å²) in [7, 11) is 2.12. The number of carbonyl (C=O) groups excluding carboxylic acids is 1. The van der Waals surface area contributed by atoms with E-state index in [-0.39, 0.29) is 17.5 Å². The third-order valence-corrected chi connectivity index (χ3v) is 5.02. The van der Waals surface area contributed by atoms with Crippen molar-refractivity contribution in [3.05, 3.63) is 71.0 Å². The molecule has 1 amide bonds. The first-order valence-electron chi connectivity index (χ1n) is 9.06. The summed E-state index contributed by atoms with van der Waals surface area (Å²) in [4.78, 5) is 17.1. The van der Waals surface area contributed by atoms with Gasteiger partial charge >= 0.3 is 0 Å². The van der Waals surface area contributed by atoms with Gasteiger partial charge < -0.3 is 10.2 Å². The molecule has 1 N–H and O–H groups in total. The van der Waals surface area contributed by atoms with Crippen LogP contribution in [-0.4, -0.2) is 55.5 Å². The first kappa shape index (κ1) is 18.5. The quantitative estimate of drug-likeness (QED) is 0.896. The Kier molecular flexibility index (Phi) is 6.01. The second-order valence-corrected chi connectivity index (χ2v) is 6.96. The summed E-state index contributed by atoms with van der Waals surface area (Å²) < 4.78 is 13.9. The number of nitrogens with zero attached hydrogens (tertiary/aromatic N) is 2. The van der Waals surface area contributed by atoms with Gasteiger partial charge in [0.05, 0.1) is 11.6 Å². The Balaban J connectivity index is 1.74. The molecule has 3 rings (SSSR count). The van der Waals surface area contributed by atoms with Gasteiger partial charge in [-0.05, 0) is 31.7 Å². The zero-order valence-electron chi connectivity index (χ0n) is 15.4. The van der Waals surface area contributed by atoms with Crippen LogP contribution >= 0.6 is 0 Å². The Bertz CT molecular complexity index is 739. The molecule has 2 aromatic carbocycles. The largest absolute Gasteiger partial charge is 0.350 e. The zero-order chi connectivity index (χ0) is 18.5. The lowest BCUT2D eigenvalue weighted by molar-refractivity contribution is 0.0883. The molecule has 1 saturated heterocycles. The lowest BCUT2D eigenvalue weighted by Gasteiger charge is -2.38. The van der Waals surface area contributed by atoms with Gasteiger partial charge in [-0.15, -0.1) is 0 Å². The number of benzene rings is 2. The van der Waals surface area contributed by atoms with Crippen LogP contribution in [0.5, 0.6) is 0 Å². The van der Waals surface area contributed by atoms with Crippen LogP contribution < -0.4 is 5.32 Å². The highest BCUT2D eigenvalue weighted by Crippen LogP contribution is 2.22. The summed E-state index contributed by atoms with van der Waals surface area (Å²) in [6, 6.07) is 14.6. The molecule has 2 aromatic rings. The van der Waals surface area contributed by atoms with E-state index in [9.17, 15) is 9.18 Å². The third kappa shape index (κ3) is 4.48. The molecule has 138 valence electrons. The second-order valence-electron chi connectivity index (χ2n) is 6.96. The Morgan fingerprint density at radius 1 is 1.08 bits per heavy atom. The number of likely N-dealkylation sites (N-methyl/N-ethyl adjacent to an activating group) is 1. The molecule has 0 saturated carbocycles. The fraction of sp³-hybridized carbons (Fsp3) is 0.381. The molecule has 26 heavy (non-hydrogen) atoms. The molecule has 4 nitrogen and oxygen atoms in total. The number of carbonyl (C=O) groups is 1. The predicted molar refractivity (Wildman–Crippen MR) is 102 cm³/mol. The van der Waals surface area contributed by atoms with E-state index in [1.54, 1.807) is 12.1 Å². The van der Waals surface area contributed by atoms with Crippen molar-refractivity contribution in [1.29, 1.82) is 0 Å². The number of piperazine rings is 1. The number of aryl methyl sites for hydroxylation is 1. The van der Waals surface area contributed by atoms with Gasteiger partial charge in [0.2, 0.25) is 0 Å². The maximum Gasteiger partial charge on any atom is 0.254 e. The third-order valence-electron chi connectivity index (χ3n) is 5.02. The highest BCUT2D eigenvalue weighted by molar-refractivity contribution is 5.94. The summed E-state index contributed by atoms with van der Waals surface area (Å²) >= 11 is 0. The van der Waals surface area contributed by atoms with E-state index in [0.29, 0.717) is 6.54 Å². The van der Waals surface area contributed by atoms with Crippen LogP contribution in [0.2, 0.25) is 0 Å². The average molecular weight is 355 g/mol. The Morgan fingerprint density at radius 2 is 1.73 bits per heavy atom. The van der Waals surface area contributed by atoms with Crippen LogP contribution in [0.25, 0.3) is 0 Å². The van der Waals surface area contributed by atoms with Gasteiger partial charge in [-0.2, -0.15) is 0 Å². The van der Waals surface area contributed by atoms with E-state index in [1.807, 2.05) is 0 Å². The molecule has 1 aliphatic rings. The molecule has 1 atom stereocenters. The maximum atomic E-state index is 13.9. The van der Waals surface area contributed by atoms with Crippen molar-refractivity contribution in [2.24, 2.45) is 0 Å². The maximum absolute atomic E-state index is 13.9. The van der Waals surface area contributed by atoms with Crippen molar-refractivity contribution in [1.82, 2.24) is 15.1 Å². The fourth-order valence-corrected chi connectivity index (χ4v) is 3.31. The van der Waals surface area contributed by atoms with Crippen molar-refractivity contribution in [2.45, 2.75) is 13.0 Å². The van der Waals surface area contributed by atoms with Crippen LogP contribution in [0.3, 0.4) is 0 Å². The minimum atomic E-state index is -0.489. The number of nitrogens with one attached hydrogen (secondary N) is 1. The first-order valence-corrected chi connectivity index (χ1v) is 9.06. The summed E-state index contributed by atoms with van der Waals surface area (Å²) in [5, 5.41) is 2.93. The zero-order valence-corrected chi connectivity index (χ0v) is 15.4. The van der Waals surface area contributed by atoms with E-state index < -0.39 is 5.82 Å². The highest BCUT2D eigenvalue weighted by atomic mass is 19.1. The van der Waals surface area contributed by atoms with E-state index in [2.05, 4.69) is 53.4 Å².